The van der Waals surface area contributed by atoms with Gasteiger partial charge in [0, 0.05) is 12.3 Å². The fourth-order valence-corrected chi connectivity index (χ4v) is 0.611. The number of primary amides is 1. The van der Waals surface area contributed by atoms with E-state index in [9.17, 15) is 19.2 Å². The molecule has 1 aromatic heterocycles. The smallest absolute Gasteiger partial charge is 0.347 e. The van der Waals surface area contributed by atoms with E-state index < -0.39 is 29.8 Å². The number of imide groups is 1. The van der Waals surface area contributed by atoms with Gasteiger partial charge in [-0.25, -0.2) is 9.59 Å². The molecule has 3 amide bonds. The van der Waals surface area contributed by atoms with Crippen molar-refractivity contribution in [3.63, 3.8) is 0 Å². The first kappa shape index (κ1) is 14.4. The third-order valence-corrected chi connectivity index (χ3v) is 1.30. The number of nitrogens with one attached hydrogen (secondary N) is 2. The van der Waals surface area contributed by atoms with E-state index in [-0.39, 0.29) is 0 Å². The molecule has 0 bridgehead atoms. The predicted molar refractivity (Wildman–Crippen MR) is 56.3 cm³/mol. The number of carbonyl (C=O) groups excluding carboxylic acids is 2. The van der Waals surface area contributed by atoms with Crippen LogP contribution in [-0.4, -0.2) is 33.3 Å². The number of aliphatic hydroxyl groups excluding tert-OH is 1. The summed E-state index contributed by atoms with van der Waals surface area (Å²) < 4.78 is 0.500. The normalized spacial score (nSPS) is 8.76. The SMILES string of the molecule is NC(=O)NC(=O)CO.Nn1c(=O)cc[nH]c1=O. The van der Waals surface area contributed by atoms with Crippen LogP contribution < -0.4 is 28.1 Å². The molecule has 1 heterocycles. The fraction of sp³-hybridized carbons (Fsp3) is 0.143. The van der Waals surface area contributed by atoms with E-state index in [1.54, 1.807) is 5.32 Å². The van der Waals surface area contributed by atoms with Crippen LogP contribution in [0.4, 0.5) is 4.79 Å². The lowest BCUT2D eigenvalue weighted by Crippen LogP contribution is -2.39. The second kappa shape index (κ2) is 6.79. The number of aliphatic hydroxyl groups is 1. The summed E-state index contributed by atoms with van der Waals surface area (Å²) in [7, 11) is 0. The molecule has 0 aromatic carbocycles. The molecule has 0 fully saturated rings. The Morgan fingerprint density at radius 3 is 2.35 bits per heavy atom. The first-order valence-electron chi connectivity index (χ1n) is 4.14. The van der Waals surface area contributed by atoms with E-state index in [1.807, 2.05) is 0 Å². The van der Waals surface area contributed by atoms with E-state index in [4.69, 9.17) is 10.9 Å². The topological polar surface area (TPSA) is 173 Å². The molecule has 0 aliphatic rings. The third-order valence-electron chi connectivity index (χ3n) is 1.30. The number of hydrogen-bond acceptors (Lipinski definition) is 6. The Labute approximate surface area is 93.8 Å². The van der Waals surface area contributed by atoms with Crippen LogP contribution in [0.15, 0.2) is 21.9 Å². The maximum absolute atomic E-state index is 10.5. The van der Waals surface area contributed by atoms with Crippen molar-refractivity contribution < 1.29 is 14.7 Å². The van der Waals surface area contributed by atoms with Crippen LogP contribution in [0, 0.1) is 0 Å². The first-order chi connectivity index (χ1) is 7.88. The van der Waals surface area contributed by atoms with E-state index in [0.717, 1.165) is 0 Å². The summed E-state index contributed by atoms with van der Waals surface area (Å²) in [6.45, 7) is -0.719. The van der Waals surface area contributed by atoms with Crippen molar-refractivity contribution >= 4 is 11.9 Å². The standard InChI is InChI=1S/C4H5N3O2.C3H6N2O3/c5-7-3(8)1-2-6-4(7)9;4-3(8)5-2(7)1-6/h1-2H,5H2,(H,6,9);6H,1H2,(H3,4,5,7,8). The number of nitrogen functional groups attached to an aromatic ring is 1. The minimum absolute atomic E-state index is 0.500. The monoisotopic (exact) mass is 245 g/mol. The van der Waals surface area contributed by atoms with Crippen molar-refractivity contribution in [1.82, 2.24) is 15.0 Å². The molecule has 0 radical (unpaired) electrons. The zero-order valence-electron chi connectivity index (χ0n) is 8.54. The van der Waals surface area contributed by atoms with Crippen molar-refractivity contribution in [2.75, 3.05) is 12.4 Å². The molecule has 0 spiro atoms. The number of aromatic nitrogens is 2. The number of amides is 3. The van der Waals surface area contributed by atoms with Crippen LogP contribution in [0.2, 0.25) is 0 Å². The number of aromatic amines is 1. The molecule has 0 unspecified atom stereocenters. The highest BCUT2D eigenvalue weighted by Gasteiger charge is 1.98. The van der Waals surface area contributed by atoms with Crippen LogP contribution >= 0.6 is 0 Å². The van der Waals surface area contributed by atoms with Crippen molar-refractivity contribution in [3.8, 4) is 0 Å². The maximum atomic E-state index is 10.5. The van der Waals surface area contributed by atoms with Gasteiger partial charge >= 0.3 is 11.7 Å². The zero-order valence-corrected chi connectivity index (χ0v) is 8.54. The van der Waals surface area contributed by atoms with Gasteiger partial charge in [0.1, 0.15) is 6.61 Å². The largest absolute Gasteiger partial charge is 0.387 e. The molecule has 10 nitrogen and oxygen atoms in total. The summed E-state index contributed by atoms with van der Waals surface area (Å²) in [5.41, 5.74) is 3.36. The minimum Gasteiger partial charge on any atom is -0.387 e. The lowest BCUT2D eigenvalue weighted by molar-refractivity contribution is -0.122. The third kappa shape index (κ3) is 5.74. The zero-order chi connectivity index (χ0) is 13.4. The van der Waals surface area contributed by atoms with Gasteiger partial charge in [0.15, 0.2) is 0 Å². The summed E-state index contributed by atoms with van der Waals surface area (Å²) in [6, 6.07) is 0.213. The van der Waals surface area contributed by atoms with Gasteiger partial charge in [-0.1, -0.05) is 0 Å². The summed E-state index contributed by atoms with van der Waals surface area (Å²) >= 11 is 0. The van der Waals surface area contributed by atoms with Crippen molar-refractivity contribution in [2.45, 2.75) is 0 Å². The van der Waals surface area contributed by atoms with Crippen LogP contribution in [-0.2, 0) is 4.79 Å². The van der Waals surface area contributed by atoms with Gasteiger partial charge in [-0.2, -0.15) is 4.68 Å². The molecule has 1 aromatic rings. The van der Waals surface area contributed by atoms with E-state index in [1.165, 1.54) is 12.3 Å². The Kier molecular flexibility index (Phi) is 5.74. The predicted octanol–water partition coefficient (Wildman–Crippen LogP) is -3.58. The number of rotatable bonds is 1. The van der Waals surface area contributed by atoms with Gasteiger partial charge in [-0.15, -0.1) is 0 Å². The highest BCUT2D eigenvalue weighted by atomic mass is 16.3. The molecular formula is C7H11N5O5. The first-order valence-corrected chi connectivity index (χ1v) is 4.14. The average Bonchev–Trinajstić information content (AvgIpc) is 2.25. The summed E-state index contributed by atoms with van der Waals surface area (Å²) in [6.07, 6.45) is 1.24. The molecule has 0 aliphatic carbocycles. The Balaban J connectivity index is 0.000000304. The molecule has 17 heavy (non-hydrogen) atoms. The molecule has 1 rings (SSSR count). The summed E-state index contributed by atoms with van der Waals surface area (Å²) in [4.78, 5) is 42.8. The highest BCUT2D eigenvalue weighted by Crippen LogP contribution is 1.58. The van der Waals surface area contributed by atoms with Crippen LogP contribution in [0.1, 0.15) is 0 Å². The Morgan fingerprint density at radius 1 is 1.47 bits per heavy atom. The molecule has 7 N–H and O–H groups in total. The highest BCUT2D eigenvalue weighted by molar-refractivity contribution is 5.93. The quantitative estimate of drug-likeness (QED) is 0.320. The summed E-state index contributed by atoms with van der Waals surface area (Å²) in [5.74, 6) is 4.15. The fourth-order valence-electron chi connectivity index (χ4n) is 0.611. The molecule has 94 valence electrons. The molecule has 0 aliphatic heterocycles. The number of nitrogens with two attached hydrogens (primary N) is 2. The molecule has 0 saturated heterocycles. The van der Waals surface area contributed by atoms with Crippen molar-refractivity contribution in [3.05, 3.63) is 33.1 Å². The number of nitrogens with zero attached hydrogens (tertiary/aromatic N) is 1. The van der Waals surface area contributed by atoms with Crippen molar-refractivity contribution in [1.29, 1.82) is 0 Å². The van der Waals surface area contributed by atoms with Gasteiger partial charge in [0.2, 0.25) is 0 Å². The Morgan fingerprint density at radius 2 is 2.06 bits per heavy atom. The number of urea groups is 1. The molecule has 10 heteroatoms. The van der Waals surface area contributed by atoms with Crippen molar-refractivity contribution in [2.24, 2.45) is 5.73 Å². The lowest BCUT2D eigenvalue weighted by atomic mass is 10.6. The van der Waals surface area contributed by atoms with Gasteiger partial charge in [0.25, 0.3) is 11.5 Å². The Hall–Kier alpha value is -2.62. The second-order valence-corrected chi connectivity index (χ2v) is 2.56. The van der Waals surface area contributed by atoms with E-state index >= 15 is 0 Å². The van der Waals surface area contributed by atoms with Gasteiger partial charge in [0.05, 0.1) is 0 Å². The van der Waals surface area contributed by atoms with Crippen LogP contribution in [0.5, 0.6) is 0 Å². The Bertz CT molecular complexity index is 476. The van der Waals surface area contributed by atoms with E-state index in [2.05, 4.69) is 10.7 Å². The maximum Gasteiger partial charge on any atom is 0.347 e. The molecule has 0 saturated carbocycles. The number of hydrogen-bond donors (Lipinski definition) is 5. The number of H-pyrrole nitrogens is 1. The van der Waals surface area contributed by atoms with Gasteiger partial charge in [-0.3, -0.25) is 14.9 Å². The number of carbonyl (C=O) groups is 2. The average molecular weight is 245 g/mol. The van der Waals surface area contributed by atoms with E-state index in [0.29, 0.717) is 4.68 Å². The molecule has 0 atom stereocenters. The van der Waals surface area contributed by atoms with Crippen LogP contribution in [0.25, 0.3) is 0 Å². The van der Waals surface area contributed by atoms with Gasteiger partial charge < -0.3 is 21.7 Å². The van der Waals surface area contributed by atoms with Crippen LogP contribution in [0.3, 0.4) is 0 Å². The van der Waals surface area contributed by atoms with Gasteiger partial charge in [-0.05, 0) is 0 Å². The summed E-state index contributed by atoms with van der Waals surface area (Å²) in [5, 5.41) is 9.61. The second-order valence-electron chi connectivity index (χ2n) is 2.56. The molecular weight excluding hydrogens is 234 g/mol. The minimum atomic E-state index is -0.955. The lowest BCUT2D eigenvalue weighted by Gasteiger charge is -1.92.